The van der Waals surface area contributed by atoms with Crippen molar-refractivity contribution in [3.8, 4) is 0 Å². The molecule has 1 aliphatic heterocycles. The summed E-state index contributed by atoms with van der Waals surface area (Å²) in [5.74, 6) is -0.337. The van der Waals surface area contributed by atoms with E-state index < -0.39 is 0 Å². The minimum absolute atomic E-state index is 0.326. The van der Waals surface area contributed by atoms with Crippen LogP contribution in [-0.2, 0) is 11.3 Å². The van der Waals surface area contributed by atoms with Gasteiger partial charge in [-0.15, -0.1) is 0 Å². The maximum atomic E-state index is 13.1. The molecule has 1 fully saturated rings. The number of amides is 2. The molecular weight excluding hydrogens is 588 g/mol. The number of carbonyl (C=O) groups is 2. The average molecular weight is 603 g/mol. The van der Waals surface area contributed by atoms with Crippen molar-refractivity contribution < 1.29 is 9.59 Å². The molecule has 0 radical (unpaired) electrons. The van der Waals surface area contributed by atoms with Gasteiger partial charge in [-0.05, 0) is 78.0 Å². The first-order valence-electron chi connectivity index (χ1n) is 9.95. The Morgan fingerprint density at radius 3 is 2.33 bits per heavy atom. The van der Waals surface area contributed by atoms with Crippen LogP contribution in [0.25, 0.3) is 17.0 Å². The summed E-state index contributed by atoms with van der Waals surface area (Å²) < 4.78 is 4.13. The standard InChI is InChI=1S/C25H15Br2ClN2O2S/c26-17-3-1-15(2-4-17)13-29-14-16(21-12-18(27)5-10-22(21)29)11-23-24(31)30(25(32)33-23)20-8-6-19(28)7-9-20/h1-12,14H,13H2/b23-11-. The number of benzene rings is 3. The van der Waals surface area contributed by atoms with Crippen molar-refractivity contribution in [2.24, 2.45) is 0 Å². The average Bonchev–Trinajstić information content (AvgIpc) is 3.26. The zero-order chi connectivity index (χ0) is 23.1. The van der Waals surface area contributed by atoms with E-state index in [4.69, 9.17) is 11.6 Å². The molecule has 5 rings (SSSR count). The number of thioether (sulfide) groups is 1. The van der Waals surface area contributed by atoms with Crippen LogP contribution in [0.5, 0.6) is 0 Å². The molecule has 0 unspecified atom stereocenters. The highest BCUT2D eigenvalue weighted by Crippen LogP contribution is 2.37. The van der Waals surface area contributed by atoms with E-state index in [0.29, 0.717) is 22.2 Å². The van der Waals surface area contributed by atoms with E-state index in [1.54, 1.807) is 30.3 Å². The Kier molecular flexibility index (Phi) is 6.22. The van der Waals surface area contributed by atoms with Crippen molar-refractivity contribution in [1.29, 1.82) is 0 Å². The van der Waals surface area contributed by atoms with Gasteiger partial charge in [0.25, 0.3) is 11.1 Å². The van der Waals surface area contributed by atoms with Crippen molar-refractivity contribution in [2.75, 3.05) is 4.90 Å². The van der Waals surface area contributed by atoms with Crippen LogP contribution in [0.15, 0.2) is 86.8 Å². The van der Waals surface area contributed by atoms with Crippen LogP contribution < -0.4 is 4.90 Å². The van der Waals surface area contributed by atoms with E-state index >= 15 is 0 Å². The predicted molar refractivity (Wildman–Crippen MR) is 143 cm³/mol. The first-order chi connectivity index (χ1) is 15.9. The highest BCUT2D eigenvalue weighted by molar-refractivity contribution is 9.10. The van der Waals surface area contributed by atoms with E-state index in [0.717, 1.165) is 42.7 Å². The van der Waals surface area contributed by atoms with Crippen molar-refractivity contribution in [2.45, 2.75) is 6.54 Å². The fourth-order valence-electron chi connectivity index (χ4n) is 3.75. The second-order valence-corrected chi connectivity index (χ2v) is 10.8. The summed E-state index contributed by atoms with van der Waals surface area (Å²) in [5.41, 5.74) is 3.59. The molecule has 1 saturated heterocycles. The number of halogens is 3. The smallest absolute Gasteiger partial charge is 0.298 e. The Morgan fingerprint density at radius 2 is 1.61 bits per heavy atom. The van der Waals surface area contributed by atoms with Crippen LogP contribution in [0.1, 0.15) is 11.1 Å². The predicted octanol–water partition coefficient (Wildman–Crippen LogP) is 8.11. The number of fused-ring (bicyclic) bond motifs is 1. The summed E-state index contributed by atoms with van der Waals surface area (Å²) in [6.07, 6.45) is 3.82. The Morgan fingerprint density at radius 1 is 0.909 bits per heavy atom. The number of nitrogens with zero attached hydrogens (tertiary/aromatic N) is 2. The fraction of sp³-hybridized carbons (Fsp3) is 0.0400. The van der Waals surface area contributed by atoms with E-state index in [9.17, 15) is 9.59 Å². The van der Waals surface area contributed by atoms with Gasteiger partial charge in [-0.2, -0.15) is 0 Å². The third kappa shape index (κ3) is 4.55. The largest absolute Gasteiger partial charge is 0.342 e. The third-order valence-corrected chi connectivity index (χ3v) is 7.45. The number of imide groups is 1. The summed E-state index contributed by atoms with van der Waals surface area (Å²) >= 11 is 13.9. The van der Waals surface area contributed by atoms with Crippen LogP contribution in [-0.4, -0.2) is 15.7 Å². The van der Waals surface area contributed by atoms with Gasteiger partial charge < -0.3 is 4.57 Å². The second kappa shape index (κ2) is 9.14. The van der Waals surface area contributed by atoms with Gasteiger partial charge in [0.2, 0.25) is 0 Å². The quantitative estimate of drug-likeness (QED) is 0.222. The molecule has 0 atom stereocenters. The summed E-state index contributed by atoms with van der Waals surface area (Å²) in [7, 11) is 0. The lowest BCUT2D eigenvalue weighted by atomic mass is 10.1. The SMILES string of the molecule is O=C1S/C(=C\c2cn(Cc3ccc(Br)cc3)c3ccc(Br)cc23)C(=O)N1c1ccc(Cl)cc1. The van der Waals surface area contributed by atoms with Gasteiger partial charge in [0.1, 0.15) is 0 Å². The second-order valence-electron chi connectivity index (χ2n) is 7.49. The molecule has 164 valence electrons. The summed E-state index contributed by atoms with van der Waals surface area (Å²) in [6, 6.07) is 20.9. The highest BCUT2D eigenvalue weighted by Gasteiger charge is 2.36. The number of hydrogen-bond acceptors (Lipinski definition) is 3. The van der Waals surface area contributed by atoms with Crippen LogP contribution in [0, 0.1) is 0 Å². The Hall–Kier alpha value is -2.32. The maximum Gasteiger partial charge on any atom is 0.298 e. The van der Waals surface area contributed by atoms with Gasteiger partial charge in [-0.1, -0.05) is 55.6 Å². The van der Waals surface area contributed by atoms with E-state index in [1.807, 2.05) is 30.5 Å². The molecule has 0 saturated carbocycles. The molecule has 2 heterocycles. The molecule has 0 N–H and O–H groups in total. The molecule has 2 amide bonds. The zero-order valence-electron chi connectivity index (χ0n) is 17.0. The Balaban J connectivity index is 1.53. The normalized spacial score (nSPS) is 15.2. The molecule has 4 aromatic rings. The molecule has 0 aliphatic carbocycles. The fourth-order valence-corrected chi connectivity index (χ4v) is 5.33. The van der Waals surface area contributed by atoms with E-state index in [2.05, 4.69) is 54.6 Å². The van der Waals surface area contributed by atoms with Gasteiger partial charge >= 0.3 is 0 Å². The third-order valence-electron chi connectivity index (χ3n) is 5.31. The van der Waals surface area contributed by atoms with E-state index in [-0.39, 0.29) is 11.1 Å². The Bertz CT molecular complexity index is 1430. The van der Waals surface area contributed by atoms with Crippen LogP contribution >= 0.6 is 55.2 Å². The minimum atomic E-state index is -0.337. The topological polar surface area (TPSA) is 42.3 Å². The molecule has 8 heteroatoms. The lowest BCUT2D eigenvalue weighted by Gasteiger charge is -2.12. The molecule has 1 aromatic heterocycles. The highest BCUT2D eigenvalue weighted by atomic mass is 79.9. The first kappa shape index (κ1) is 22.5. The molecule has 33 heavy (non-hydrogen) atoms. The molecule has 0 bridgehead atoms. The van der Waals surface area contributed by atoms with Gasteiger partial charge in [0.15, 0.2) is 0 Å². The van der Waals surface area contributed by atoms with Gasteiger partial charge in [0, 0.05) is 43.2 Å². The van der Waals surface area contributed by atoms with Crippen molar-refractivity contribution in [3.63, 3.8) is 0 Å². The lowest BCUT2D eigenvalue weighted by molar-refractivity contribution is -0.113. The van der Waals surface area contributed by atoms with Crippen molar-refractivity contribution >= 4 is 89.0 Å². The zero-order valence-corrected chi connectivity index (χ0v) is 21.7. The molecular formula is C25H15Br2ClN2O2S. The van der Waals surface area contributed by atoms with Gasteiger partial charge in [-0.25, -0.2) is 4.90 Å². The Labute approximate surface area is 216 Å². The maximum absolute atomic E-state index is 13.1. The number of anilines is 1. The molecule has 4 nitrogen and oxygen atoms in total. The monoisotopic (exact) mass is 600 g/mol. The molecule has 1 aliphatic rings. The first-order valence-corrected chi connectivity index (χ1v) is 12.7. The van der Waals surface area contributed by atoms with Gasteiger partial charge in [-0.3, -0.25) is 9.59 Å². The molecule has 3 aromatic carbocycles. The molecule has 0 spiro atoms. The summed E-state index contributed by atoms with van der Waals surface area (Å²) in [4.78, 5) is 27.3. The van der Waals surface area contributed by atoms with Crippen molar-refractivity contribution in [1.82, 2.24) is 4.57 Å². The number of aromatic nitrogens is 1. The minimum Gasteiger partial charge on any atom is -0.342 e. The number of carbonyl (C=O) groups excluding carboxylic acids is 2. The van der Waals surface area contributed by atoms with Crippen LogP contribution in [0.3, 0.4) is 0 Å². The lowest BCUT2D eigenvalue weighted by Crippen LogP contribution is -2.27. The summed E-state index contributed by atoms with van der Waals surface area (Å²) in [6.45, 7) is 0.686. The van der Waals surface area contributed by atoms with E-state index in [1.165, 1.54) is 4.90 Å². The summed E-state index contributed by atoms with van der Waals surface area (Å²) in [5, 5.41) is 1.22. The van der Waals surface area contributed by atoms with Crippen molar-refractivity contribution in [3.05, 3.63) is 103 Å². The van der Waals surface area contributed by atoms with Gasteiger partial charge in [0.05, 0.1) is 10.6 Å². The van der Waals surface area contributed by atoms with Crippen LogP contribution in [0.4, 0.5) is 10.5 Å². The van der Waals surface area contributed by atoms with Crippen LogP contribution in [0.2, 0.25) is 5.02 Å². The number of hydrogen-bond donors (Lipinski definition) is 0. The number of rotatable bonds is 4.